The highest BCUT2D eigenvalue weighted by atomic mass is 16.4. The minimum Gasteiger partial charge on any atom is -0.481 e. The van der Waals surface area contributed by atoms with Crippen molar-refractivity contribution in [3.63, 3.8) is 0 Å². The normalized spacial score (nSPS) is 21.5. The molecule has 0 aromatic heterocycles. The second-order valence-corrected chi connectivity index (χ2v) is 5.60. The highest BCUT2D eigenvalue weighted by molar-refractivity contribution is 5.95. The summed E-state index contributed by atoms with van der Waals surface area (Å²) in [5.74, 6) is -1.27. The SMILES string of the molecule is CC(=O)N1C[C@@H](CC(=O)O)N(C(=O)c2ccccc2)C[C@H]1C. The Balaban J connectivity index is 2.25. The van der Waals surface area contributed by atoms with E-state index in [9.17, 15) is 14.4 Å². The number of piperazine rings is 1. The lowest BCUT2D eigenvalue weighted by Gasteiger charge is -2.44. The molecule has 1 aliphatic rings. The van der Waals surface area contributed by atoms with Crippen LogP contribution in [0.4, 0.5) is 0 Å². The number of hydrogen-bond donors (Lipinski definition) is 1. The molecule has 6 heteroatoms. The molecule has 2 rings (SSSR count). The fourth-order valence-electron chi connectivity index (χ4n) is 2.85. The van der Waals surface area contributed by atoms with Gasteiger partial charge in [-0.1, -0.05) is 18.2 Å². The van der Waals surface area contributed by atoms with Gasteiger partial charge in [0.2, 0.25) is 5.91 Å². The zero-order valence-electron chi connectivity index (χ0n) is 12.7. The van der Waals surface area contributed by atoms with Crippen LogP contribution >= 0.6 is 0 Å². The van der Waals surface area contributed by atoms with Crippen molar-refractivity contribution in [3.8, 4) is 0 Å². The Bertz CT molecular complexity index is 573. The smallest absolute Gasteiger partial charge is 0.305 e. The molecule has 1 heterocycles. The molecule has 6 nitrogen and oxygen atoms in total. The van der Waals surface area contributed by atoms with Crippen LogP contribution in [0.5, 0.6) is 0 Å². The van der Waals surface area contributed by atoms with E-state index in [0.29, 0.717) is 12.1 Å². The highest BCUT2D eigenvalue weighted by Crippen LogP contribution is 2.20. The van der Waals surface area contributed by atoms with Gasteiger partial charge >= 0.3 is 5.97 Å². The van der Waals surface area contributed by atoms with Crippen molar-refractivity contribution in [2.45, 2.75) is 32.4 Å². The van der Waals surface area contributed by atoms with Crippen molar-refractivity contribution in [1.29, 1.82) is 0 Å². The summed E-state index contributed by atoms with van der Waals surface area (Å²) >= 11 is 0. The number of amides is 2. The molecule has 0 radical (unpaired) electrons. The van der Waals surface area contributed by atoms with E-state index >= 15 is 0 Å². The van der Waals surface area contributed by atoms with Crippen molar-refractivity contribution < 1.29 is 19.5 Å². The molecule has 1 fully saturated rings. The third-order valence-electron chi connectivity index (χ3n) is 3.94. The van der Waals surface area contributed by atoms with Gasteiger partial charge < -0.3 is 14.9 Å². The van der Waals surface area contributed by atoms with Gasteiger partial charge in [0, 0.05) is 31.6 Å². The first-order valence-electron chi connectivity index (χ1n) is 7.25. The first-order valence-corrected chi connectivity index (χ1v) is 7.25. The van der Waals surface area contributed by atoms with Crippen LogP contribution in [0.15, 0.2) is 30.3 Å². The zero-order valence-corrected chi connectivity index (χ0v) is 12.7. The first kappa shape index (κ1) is 16.0. The summed E-state index contributed by atoms with van der Waals surface area (Å²) < 4.78 is 0. The Hall–Kier alpha value is -2.37. The summed E-state index contributed by atoms with van der Waals surface area (Å²) in [4.78, 5) is 38.6. The van der Waals surface area contributed by atoms with Crippen LogP contribution < -0.4 is 0 Å². The van der Waals surface area contributed by atoms with Crippen LogP contribution in [-0.2, 0) is 9.59 Å². The molecule has 0 spiro atoms. The van der Waals surface area contributed by atoms with Crippen molar-refractivity contribution >= 4 is 17.8 Å². The van der Waals surface area contributed by atoms with Crippen molar-refractivity contribution in [2.75, 3.05) is 13.1 Å². The zero-order chi connectivity index (χ0) is 16.3. The fourth-order valence-corrected chi connectivity index (χ4v) is 2.85. The molecule has 2 atom stereocenters. The Morgan fingerprint density at radius 3 is 2.32 bits per heavy atom. The monoisotopic (exact) mass is 304 g/mol. The molecule has 1 saturated heterocycles. The molecule has 1 aromatic rings. The molecular formula is C16H20N2O4. The number of carbonyl (C=O) groups excluding carboxylic acids is 2. The first-order chi connectivity index (χ1) is 10.4. The summed E-state index contributed by atoms with van der Waals surface area (Å²) in [6, 6.07) is 8.15. The van der Waals surface area contributed by atoms with Gasteiger partial charge in [0.05, 0.1) is 12.5 Å². The number of hydrogen-bond acceptors (Lipinski definition) is 3. The van der Waals surface area contributed by atoms with Gasteiger partial charge in [0.1, 0.15) is 0 Å². The van der Waals surface area contributed by atoms with Crippen LogP contribution in [0, 0.1) is 0 Å². The number of nitrogens with zero attached hydrogens (tertiary/aromatic N) is 2. The topological polar surface area (TPSA) is 77.9 Å². The third-order valence-corrected chi connectivity index (χ3v) is 3.94. The summed E-state index contributed by atoms with van der Waals surface area (Å²) in [6.45, 7) is 3.92. The predicted molar refractivity (Wildman–Crippen MR) is 80.4 cm³/mol. The summed E-state index contributed by atoms with van der Waals surface area (Å²) in [6.07, 6.45) is -0.172. The Kier molecular flexibility index (Phi) is 4.80. The molecule has 118 valence electrons. The highest BCUT2D eigenvalue weighted by Gasteiger charge is 2.36. The van der Waals surface area contributed by atoms with Gasteiger partial charge in [-0.15, -0.1) is 0 Å². The summed E-state index contributed by atoms with van der Waals surface area (Å²) in [5, 5.41) is 9.09. The molecule has 0 unspecified atom stereocenters. The average Bonchev–Trinajstić information content (AvgIpc) is 2.48. The van der Waals surface area contributed by atoms with Crippen LogP contribution in [-0.4, -0.2) is 57.9 Å². The number of carbonyl (C=O) groups is 3. The maximum Gasteiger partial charge on any atom is 0.305 e. The molecule has 0 aliphatic carbocycles. The van der Waals surface area contributed by atoms with Crippen LogP contribution in [0.3, 0.4) is 0 Å². The van der Waals surface area contributed by atoms with Gasteiger partial charge in [-0.05, 0) is 19.1 Å². The van der Waals surface area contributed by atoms with Crippen molar-refractivity contribution in [3.05, 3.63) is 35.9 Å². The molecular weight excluding hydrogens is 284 g/mol. The van der Waals surface area contributed by atoms with E-state index in [0.717, 1.165) is 0 Å². The Morgan fingerprint density at radius 1 is 1.14 bits per heavy atom. The number of rotatable bonds is 3. The minimum absolute atomic E-state index is 0.102. The van der Waals surface area contributed by atoms with Gasteiger partial charge in [0.15, 0.2) is 0 Å². The minimum atomic E-state index is -0.978. The fraction of sp³-hybridized carbons (Fsp3) is 0.438. The van der Waals surface area contributed by atoms with Gasteiger partial charge in [-0.25, -0.2) is 0 Å². The Labute approximate surface area is 129 Å². The second kappa shape index (κ2) is 6.60. The molecule has 1 aromatic carbocycles. The number of carboxylic acid groups (broad SMARTS) is 1. The lowest BCUT2D eigenvalue weighted by molar-refractivity contribution is -0.142. The quantitative estimate of drug-likeness (QED) is 0.911. The second-order valence-electron chi connectivity index (χ2n) is 5.60. The van der Waals surface area contributed by atoms with Crippen LogP contribution in [0.2, 0.25) is 0 Å². The van der Waals surface area contributed by atoms with E-state index in [-0.39, 0.29) is 30.8 Å². The molecule has 1 aliphatic heterocycles. The molecule has 2 amide bonds. The van der Waals surface area contributed by atoms with Crippen LogP contribution in [0.25, 0.3) is 0 Å². The molecule has 0 bridgehead atoms. The lowest BCUT2D eigenvalue weighted by atomic mass is 10.0. The van der Waals surface area contributed by atoms with E-state index in [1.54, 1.807) is 34.1 Å². The van der Waals surface area contributed by atoms with Gasteiger partial charge in [0.25, 0.3) is 5.91 Å². The Morgan fingerprint density at radius 2 is 1.77 bits per heavy atom. The van der Waals surface area contributed by atoms with E-state index in [4.69, 9.17) is 5.11 Å². The molecule has 22 heavy (non-hydrogen) atoms. The molecule has 1 N–H and O–H groups in total. The molecule has 0 saturated carbocycles. The van der Waals surface area contributed by atoms with Gasteiger partial charge in [-0.3, -0.25) is 14.4 Å². The standard InChI is InChI=1S/C16H20N2O4/c1-11-9-18(16(22)13-6-4-3-5-7-13)14(8-15(20)21)10-17(11)12(2)19/h3-7,11,14H,8-10H2,1-2H3,(H,20,21)/t11-,14-/m1/s1. The number of carboxylic acids is 1. The lowest BCUT2D eigenvalue weighted by Crippen LogP contribution is -2.60. The average molecular weight is 304 g/mol. The predicted octanol–water partition coefficient (Wildman–Crippen LogP) is 1.22. The number of benzene rings is 1. The van der Waals surface area contributed by atoms with E-state index in [1.807, 2.05) is 13.0 Å². The summed E-state index contributed by atoms with van der Waals surface area (Å²) in [5.41, 5.74) is 0.529. The van der Waals surface area contributed by atoms with Crippen LogP contribution in [0.1, 0.15) is 30.6 Å². The van der Waals surface area contributed by atoms with E-state index in [2.05, 4.69) is 0 Å². The summed E-state index contributed by atoms with van der Waals surface area (Å²) in [7, 11) is 0. The largest absolute Gasteiger partial charge is 0.481 e. The van der Waals surface area contributed by atoms with E-state index < -0.39 is 12.0 Å². The number of aliphatic carboxylic acids is 1. The van der Waals surface area contributed by atoms with Gasteiger partial charge in [-0.2, -0.15) is 0 Å². The maximum absolute atomic E-state index is 12.6. The van der Waals surface area contributed by atoms with Crippen molar-refractivity contribution in [2.24, 2.45) is 0 Å². The van der Waals surface area contributed by atoms with E-state index in [1.165, 1.54) is 6.92 Å². The maximum atomic E-state index is 12.6. The van der Waals surface area contributed by atoms with Crippen molar-refractivity contribution in [1.82, 2.24) is 9.80 Å². The third kappa shape index (κ3) is 3.44.